The molecule has 2 atom stereocenters. The van der Waals surface area contributed by atoms with Crippen molar-refractivity contribution in [3.05, 3.63) is 71.3 Å². The predicted molar refractivity (Wildman–Crippen MR) is 118 cm³/mol. The number of benzene rings is 2. The maximum atomic E-state index is 13.7. The number of ether oxygens (including phenoxy) is 2. The fraction of sp³-hybridized carbons (Fsp3) is 0.364. The van der Waals surface area contributed by atoms with Crippen LogP contribution in [0.3, 0.4) is 0 Å². The van der Waals surface area contributed by atoms with E-state index in [1.54, 1.807) is 26.0 Å². The SMILES string of the molecule is CCOC(=O)CN[P@@](=O)(OCC)[C@@H](NC(=O)OCc1ccccc1)c1ccc(C)cc1. The van der Waals surface area contributed by atoms with Gasteiger partial charge in [-0.15, -0.1) is 0 Å². The summed E-state index contributed by atoms with van der Waals surface area (Å²) in [6.07, 6.45) is -0.757. The van der Waals surface area contributed by atoms with Crippen LogP contribution in [0.2, 0.25) is 0 Å². The number of aryl methyl sites for hydroxylation is 1. The van der Waals surface area contributed by atoms with Gasteiger partial charge in [-0.2, -0.15) is 0 Å². The maximum Gasteiger partial charge on any atom is 0.408 e. The van der Waals surface area contributed by atoms with E-state index in [-0.39, 0.29) is 26.4 Å². The summed E-state index contributed by atoms with van der Waals surface area (Å²) in [5, 5.41) is 5.30. The Labute approximate surface area is 182 Å². The molecule has 0 aromatic heterocycles. The van der Waals surface area contributed by atoms with Crippen molar-refractivity contribution in [2.75, 3.05) is 19.8 Å². The molecule has 8 nitrogen and oxygen atoms in total. The lowest BCUT2D eigenvalue weighted by Gasteiger charge is -2.28. The van der Waals surface area contributed by atoms with Gasteiger partial charge in [0.2, 0.25) is 0 Å². The minimum atomic E-state index is -3.76. The highest BCUT2D eigenvalue weighted by Crippen LogP contribution is 2.55. The smallest absolute Gasteiger partial charge is 0.408 e. The monoisotopic (exact) mass is 448 g/mol. The van der Waals surface area contributed by atoms with Gasteiger partial charge in [0.05, 0.1) is 13.2 Å². The molecule has 2 aromatic rings. The molecule has 0 saturated carbocycles. The highest BCUT2D eigenvalue weighted by Gasteiger charge is 2.37. The Balaban J connectivity index is 2.22. The Bertz CT molecular complexity index is 889. The molecule has 0 bridgehead atoms. The summed E-state index contributed by atoms with van der Waals surface area (Å²) in [7, 11) is -3.76. The summed E-state index contributed by atoms with van der Waals surface area (Å²) < 4.78 is 29.4. The topological polar surface area (TPSA) is 103 Å². The minimum Gasteiger partial charge on any atom is -0.465 e. The highest BCUT2D eigenvalue weighted by atomic mass is 31.2. The van der Waals surface area contributed by atoms with Crippen LogP contribution in [0.15, 0.2) is 54.6 Å². The van der Waals surface area contributed by atoms with E-state index in [2.05, 4.69) is 10.4 Å². The molecule has 0 aliphatic heterocycles. The van der Waals surface area contributed by atoms with Crippen molar-refractivity contribution in [1.82, 2.24) is 10.4 Å². The molecule has 2 aromatic carbocycles. The summed E-state index contributed by atoms with van der Waals surface area (Å²) >= 11 is 0. The standard InChI is InChI=1S/C22H29N2O6P/c1-4-28-20(25)15-23-31(27,30-5-2)21(19-13-11-17(3)12-14-19)24-22(26)29-16-18-9-7-6-8-10-18/h6-14,21H,4-5,15-16H2,1-3H3,(H,23,27)(H,24,26)/t21-,31+/m1/s1. The van der Waals surface area contributed by atoms with E-state index in [1.807, 2.05) is 49.4 Å². The second-order valence-corrected chi connectivity index (χ2v) is 8.96. The van der Waals surface area contributed by atoms with Gasteiger partial charge in [0, 0.05) is 0 Å². The first-order chi connectivity index (χ1) is 14.9. The molecule has 168 valence electrons. The number of carbonyl (C=O) groups excluding carboxylic acids is 2. The molecule has 2 rings (SSSR count). The molecule has 0 unspecified atom stereocenters. The van der Waals surface area contributed by atoms with Gasteiger partial charge in [-0.3, -0.25) is 9.36 Å². The summed E-state index contributed by atoms with van der Waals surface area (Å²) in [6.45, 7) is 5.32. The van der Waals surface area contributed by atoms with E-state index in [1.165, 1.54) is 0 Å². The summed E-state index contributed by atoms with van der Waals surface area (Å²) in [6, 6.07) is 16.4. The van der Waals surface area contributed by atoms with Gasteiger partial charge in [-0.05, 0) is 31.9 Å². The van der Waals surface area contributed by atoms with Crippen LogP contribution >= 0.6 is 7.52 Å². The number of carbonyl (C=O) groups is 2. The van der Waals surface area contributed by atoms with Gasteiger partial charge in [0.25, 0.3) is 7.52 Å². The lowest BCUT2D eigenvalue weighted by Crippen LogP contribution is -2.35. The molecule has 0 spiro atoms. The first-order valence-corrected chi connectivity index (χ1v) is 11.8. The van der Waals surface area contributed by atoms with E-state index >= 15 is 0 Å². The molecule has 0 heterocycles. The fourth-order valence-corrected chi connectivity index (χ4v) is 4.78. The van der Waals surface area contributed by atoms with Crippen LogP contribution in [0.25, 0.3) is 0 Å². The number of alkyl carbamates (subject to hydrolysis) is 1. The van der Waals surface area contributed by atoms with Gasteiger partial charge < -0.3 is 19.3 Å². The number of amides is 1. The molecule has 9 heteroatoms. The van der Waals surface area contributed by atoms with Gasteiger partial charge in [-0.25, -0.2) is 9.88 Å². The molecular weight excluding hydrogens is 419 g/mol. The first kappa shape index (κ1) is 24.6. The molecule has 0 saturated heterocycles. The average Bonchev–Trinajstić information content (AvgIpc) is 2.76. The summed E-state index contributed by atoms with van der Waals surface area (Å²) in [5.74, 6) is -1.64. The van der Waals surface area contributed by atoms with E-state index in [4.69, 9.17) is 14.0 Å². The van der Waals surface area contributed by atoms with E-state index in [0.717, 1.165) is 11.1 Å². The molecule has 0 aliphatic carbocycles. The lowest BCUT2D eigenvalue weighted by molar-refractivity contribution is -0.141. The van der Waals surface area contributed by atoms with E-state index in [9.17, 15) is 14.2 Å². The Hall–Kier alpha value is -2.67. The maximum absolute atomic E-state index is 13.7. The third-order valence-corrected chi connectivity index (χ3v) is 6.62. The predicted octanol–water partition coefficient (Wildman–Crippen LogP) is 4.30. The van der Waals surface area contributed by atoms with Crippen molar-refractivity contribution in [3.8, 4) is 0 Å². The number of esters is 1. The Morgan fingerprint density at radius 2 is 1.65 bits per heavy atom. The van der Waals surface area contributed by atoms with Crippen molar-refractivity contribution < 1.29 is 28.2 Å². The van der Waals surface area contributed by atoms with Crippen molar-refractivity contribution in [3.63, 3.8) is 0 Å². The molecule has 2 N–H and O–H groups in total. The Morgan fingerprint density at radius 3 is 2.26 bits per heavy atom. The number of nitrogens with one attached hydrogen (secondary N) is 2. The van der Waals surface area contributed by atoms with Crippen LogP contribution in [0.1, 0.15) is 36.3 Å². The minimum absolute atomic E-state index is 0.0580. The largest absolute Gasteiger partial charge is 0.465 e. The van der Waals surface area contributed by atoms with Crippen molar-refractivity contribution >= 4 is 19.6 Å². The zero-order chi connectivity index (χ0) is 22.7. The number of hydrogen-bond acceptors (Lipinski definition) is 6. The quantitative estimate of drug-likeness (QED) is 0.390. The van der Waals surface area contributed by atoms with E-state index < -0.39 is 25.4 Å². The zero-order valence-electron chi connectivity index (χ0n) is 18.0. The van der Waals surface area contributed by atoms with Gasteiger partial charge in [0.1, 0.15) is 18.9 Å². The summed E-state index contributed by atoms with van der Waals surface area (Å²) in [5.41, 5.74) is 2.37. The van der Waals surface area contributed by atoms with E-state index in [0.29, 0.717) is 5.56 Å². The molecule has 0 fully saturated rings. The van der Waals surface area contributed by atoms with Gasteiger partial charge in [-0.1, -0.05) is 60.2 Å². The van der Waals surface area contributed by atoms with Gasteiger partial charge >= 0.3 is 12.1 Å². The average molecular weight is 448 g/mol. The van der Waals surface area contributed by atoms with Crippen LogP contribution in [0.5, 0.6) is 0 Å². The second-order valence-electron chi connectivity index (χ2n) is 6.67. The van der Waals surface area contributed by atoms with Crippen molar-refractivity contribution in [2.24, 2.45) is 0 Å². The first-order valence-electron chi connectivity index (χ1n) is 10.1. The van der Waals surface area contributed by atoms with Crippen molar-refractivity contribution in [2.45, 2.75) is 33.2 Å². The van der Waals surface area contributed by atoms with Gasteiger partial charge in [0.15, 0.2) is 0 Å². The second kappa shape index (κ2) is 12.2. The Morgan fingerprint density at radius 1 is 0.968 bits per heavy atom. The fourth-order valence-electron chi connectivity index (χ4n) is 2.78. The zero-order valence-corrected chi connectivity index (χ0v) is 18.9. The molecular formula is C22H29N2O6P. The Kier molecular flexibility index (Phi) is 9.72. The van der Waals surface area contributed by atoms with Crippen LogP contribution in [-0.4, -0.2) is 31.8 Å². The van der Waals surface area contributed by atoms with Crippen LogP contribution in [0, 0.1) is 6.92 Å². The summed E-state index contributed by atoms with van der Waals surface area (Å²) in [4.78, 5) is 24.3. The molecule has 0 aliphatic rings. The third-order valence-electron chi connectivity index (χ3n) is 4.27. The normalized spacial score (nSPS) is 13.6. The molecule has 1 amide bonds. The number of rotatable bonds is 11. The van der Waals surface area contributed by atoms with Crippen LogP contribution in [-0.2, 0) is 30.0 Å². The van der Waals surface area contributed by atoms with Crippen molar-refractivity contribution in [1.29, 1.82) is 0 Å². The number of hydrogen-bond donors (Lipinski definition) is 2. The molecule has 0 radical (unpaired) electrons. The lowest BCUT2D eigenvalue weighted by atomic mass is 10.1. The third kappa shape index (κ3) is 7.83. The van der Waals surface area contributed by atoms with Crippen LogP contribution in [0.4, 0.5) is 4.79 Å². The van der Waals surface area contributed by atoms with Crippen LogP contribution < -0.4 is 10.4 Å². The highest BCUT2D eigenvalue weighted by molar-refractivity contribution is 7.57. The molecule has 31 heavy (non-hydrogen) atoms.